The lowest BCUT2D eigenvalue weighted by Gasteiger charge is -2.37. The van der Waals surface area contributed by atoms with E-state index in [1.54, 1.807) is 6.07 Å². The molecule has 1 saturated heterocycles. The van der Waals surface area contributed by atoms with Gasteiger partial charge in [0.1, 0.15) is 5.69 Å². The maximum absolute atomic E-state index is 12.4. The summed E-state index contributed by atoms with van der Waals surface area (Å²) >= 11 is 0. The van der Waals surface area contributed by atoms with E-state index in [1.807, 2.05) is 60.7 Å². The molecule has 4 rings (SSSR count). The van der Waals surface area contributed by atoms with Crippen molar-refractivity contribution >= 4 is 23.0 Å². The first-order valence-electron chi connectivity index (χ1n) is 12.4. The van der Waals surface area contributed by atoms with Crippen LogP contribution < -0.4 is 4.90 Å². The fraction of sp³-hybridized carbons (Fsp3) is 0.345. The van der Waals surface area contributed by atoms with Gasteiger partial charge in [0.15, 0.2) is 0 Å². The number of hydrogen-bond acceptors (Lipinski definition) is 6. The molecule has 0 saturated carbocycles. The number of methoxy groups -OCH3 is 1. The molecule has 7 nitrogen and oxygen atoms in total. The predicted octanol–water partition coefficient (Wildman–Crippen LogP) is 6.17. The molecule has 0 N–H and O–H groups in total. The quantitative estimate of drug-likeness (QED) is 0.204. The monoisotopic (exact) mass is 488 g/mol. The molecule has 1 heterocycles. The predicted molar refractivity (Wildman–Crippen MR) is 140 cm³/mol. The second kappa shape index (κ2) is 11.8. The first-order valence-corrected chi connectivity index (χ1v) is 12.4. The number of carbonyl (C=O) groups is 1. The number of rotatable bonds is 9. The molecule has 3 aromatic rings. The first-order chi connectivity index (χ1) is 17.5. The second-order valence-electron chi connectivity index (χ2n) is 8.94. The van der Waals surface area contributed by atoms with E-state index in [4.69, 9.17) is 9.47 Å². The third kappa shape index (κ3) is 5.57. The van der Waals surface area contributed by atoms with Gasteiger partial charge in [-0.25, -0.2) is 0 Å². The number of aryl methyl sites for hydroxylation is 1. The number of nitro benzene ring substituents is 1. The third-order valence-corrected chi connectivity index (χ3v) is 6.85. The average molecular weight is 489 g/mol. The minimum Gasteiger partial charge on any atom is -0.469 e. The Morgan fingerprint density at radius 1 is 1.03 bits per heavy atom. The molecule has 36 heavy (non-hydrogen) atoms. The molecule has 0 aliphatic carbocycles. The molecule has 1 aliphatic rings. The molecule has 0 bridgehead atoms. The number of ether oxygens (including phenoxy) is 2. The molecule has 3 aromatic carbocycles. The smallest absolute Gasteiger partial charge is 0.306 e. The average Bonchev–Trinajstić information content (AvgIpc) is 2.93. The van der Waals surface area contributed by atoms with Crippen molar-refractivity contribution in [2.45, 2.75) is 44.6 Å². The Kier molecular flexibility index (Phi) is 8.33. The lowest BCUT2D eigenvalue weighted by molar-refractivity contribution is -0.384. The van der Waals surface area contributed by atoms with Gasteiger partial charge in [0, 0.05) is 36.9 Å². The number of nitrogens with zero attached hydrogens (tertiary/aromatic N) is 2. The zero-order chi connectivity index (χ0) is 25.5. The highest BCUT2D eigenvalue weighted by atomic mass is 16.6. The Morgan fingerprint density at radius 3 is 2.39 bits per heavy atom. The number of nitro groups is 1. The van der Waals surface area contributed by atoms with Crippen LogP contribution in [0.1, 0.15) is 48.8 Å². The first kappa shape index (κ1) is 25.4. The van der Waals surface area contributed by atoms with Crippen molar-refractivity contribution < 1.29 is 19.2 Å². The summed E-state index contributed by atoms with van der Waals surface area (Å²) < 4.78 is 10.5. The summed E-state index contributed by atoms with van der Waals surface area (Å²) in [5, 5.41) is 12.4. The van der Waals surface area contributed by atoms with Crippen molar-refractivity contribution in [3.63, 3.8) is 0 Å². The van der Waals surface area contributed by atoms with Gasteiger partial charge in [-0.2, -0.15) is 0 Å². The highest BCUT2D eigenvalue weighted by Crippen LogP contribution is 2.42. The van der Waals surface area contributed by atoms with Crippen LogP contribution >= 0.6 is 0 Å². The summed E-state index contributed by atoms with van der Waals surface area (Å²) in [4.78, 5) is 26.5. The van der Waals surface area contributed by atoms with E-state index < -0.39 is 0 Å². The molecular weight excluding hydrogens is 456 g/mol. The molecule has 7 heteroatoms. The van der Waals surface area contributed by atoms with Crippen LogP contribution in [-0.4, -0.2) is 37.3 Å². The molecule has 0 aromatic heterocycles. The molecule has 188 valence electrons. The largest absolute Gasteiger partial charge is 0.469 e. The van der Waals surface area contributed by atoms with E-state index in [0.29, 0.717) is 24.5 Å². The van der Waals surface area contributed by atoms with Crippen molar-refractivity contribution in [3.05, 3.63) is 99.6 Å². The van der Waals surface area contributed by atoms with Crippen LogP contribution in [0.5, 0.6) is 0 Å². The van der Waals surface area contributed by atoms with Gasteiger partial charge in [-0.05, 0) is 48.1 Å². The fourth-order valence-electron chi connectivity index (χ4n) is 4.98. The molecule has 1 fully saturated rings. The SMILES string of the molecule is CCc1ccccc1N(c1ccc(C(CC(=O)OC)c2ccccc2)cc1[N+](=O)[O-])C1CCOCC1. The molecule has 0 amide bonds. The van der Waals surface area contributed by atoms with Gasteiger partial charge in [0.25, 0.3) is 5.69 Å². The zero-order valence-corrected chi connectivity index (χ0v) is 20.8. The van der Waals surface area contributed by atoms with Gasteiger partial charge in [0.2, 0.25) is 0 Å². The number of para-hydroxylation sites is 1. The molecule has 1 atom stereocenters. The van der Waals surface area contributed by atoms with E-state index in [-0.39, 0.29) is 35.0 Å². The number of carbonyl (C=O) groups excluding carboxylic acids is 1. The second-order valence-corrected chi connectivity index (χ2v) is 8.94. The summed E-state index contributed by atoms with van der Waals surface area (Å²) in [5.41, 5.74) is 4.31. The van der Waals surface area contributed by atoms with Crippen molar-refractivity contribution in [3.8, 4) is 0 Å². The molecule has 1 unspecified atom stereocenters. The molecule has 0 spiro atoms. The fourth-order valence-corrected chi connectivity index (χ4v) is 4.98. The van der Waals surface area contributed by atoms with E-state index in [2.05, 4.69) is 17.9 Å². The van der Waals surface area contributed by atoms with Crippen molar-refractivity contribution in [1.82, 2.24) is 0 Å². The van der Waals surface area contributed by atoms with Gasteiger partial charge in [-0.15, -0.1) is 0 Å². The summed E-state index contributed by atoms with van der Waals surface area (Å²) in [7, 11) is 1.35. The minimum atomic E-state index is -0.365. The lowest BCUT2D eigenvalue weighted by atomic mass is 9.88. The molecular formula is C29H32N2O5. The molecule has 1 aliphatic heterocycles. The van der Waals surface area contributed by atoms with Crippen LogP contribution in [0.4, 0.5) is 17.1 Å². The highest BCUT2D eigenvalue weighted by molar-refractivity contribution is 5.76. The Labute approximate surface area is 211 Å². The van der Waals surface area contributed by atoms with E-state index in [1.165, 1.54) is 7.11 Å². The van der Waals surface area contributed by atoms with Crippen LogP contribution in [0.25, 0.3) is 0 Å². The van der Waals surface area contributed by atoms with Gasteiger partial charge in [0.05, 0.1) is 18.5 Å². The maximum atomic E-state index is 12.4. The van der Waals surface area contributed by atoms with Crippen molar-refractivity contribution in [2.24, 2.45) is 0 Å². The maximum Gasteiger partial charge on any atom is 0.306 e. The minimum absolute atomic E-state index is 0.0238. The van der Waals surface area contributed by atoms with Crippen LogP contribution in [-0.2, 0) is 20.7 Å². The number of anilines is 2. The topological polar surface area (TPSA) is 81.9 Å². The van der Waals surface area contributed by atoms with Gasteiger partial charge in [-0.1, -0.05) is 61.5 Å². The Balaban J connectivity index is 1.85. The van der Waals surface area contributed by atoms with Crippen LogP contribution in [0.15, 0.2) is 72.8 Å². The van der Waals surface area contributed by atoms with Crippen LogP contribution in [0, 0.1) is 10.1 Å². The van der Waals surface area contributed by atoms with Gasteiger partial charge >= 0.3 is 5.97 Å². The highest BCUT2D eigenvalue weighted by Gasteiger charge is 2.31. The van der Waals surface area contributed by atoms with E-state index >= 15 is 0 Å². The van der Waals surface area contributed by atoms with Crippen LogP contribution in [0.3, 0.4) is 0 Å². The zero-order valence-electron chi connectivity index (χ0n) is 20.8. The summed E-state index contributed by atoms with van der Waals surface area (Å²) in [6, 6.07) is 23.1. The molecule has 0 radical (unpaired) electrons. The van der Waals surface area contributed by atoms with E-state index in [9.17, 15) is 14.9 Å². The summed E-state index contributed by atoms with van der Waals surface area (Å²) in [6.07, 6.45) is 2.48. The number of esters is 1. The van der Waals surface area contributed by atoms with Crippen molar-refractivity contribution in [2.75, 3.05) is 25.2 Å². The Bertz CT molecular complexity index is 1190. The lowest BCUT2D eigenvalue weighted by Crippen LogP contribution is -2.37. The van der Waals surface area contributed by atoms with Gasteiger partial charge < -0.3 is 14.4 Å². The number of benzene rings is 3. The summed E-state index contributed by atoms with van der Waals surface area (Å²) in [6.45, 7) is 3.34. The van der Waals surface area contributed by atoms with Gasteiger partial charge in [-0.3, -0.25) is 14.9 Å². The number of hydrogen-bond donors (Lipinski definition) is 0. The standard InChI is InChI=1S/C29H32N2O5/c1-3-21-9-7-8-12-26(21)30(24-15-17-36-18-16-24)27-14-13-23(19-28(27)31(33)34)25(20-29(32)35-2)22-10-5-4-6-11-22/h4-14,19,24-25H,3,15-18,20H2,1-2H3. The Hall–Kier alpha value is -3.71. The summed E-state index contributed by atoms with van der Waals surface area (Å²) in [5.74, 6) is -0.720. The van der Waals surface area contributed by atoms with Crippen molar-refractivity contribution in [1.29, 1.82) is 0 Å². The third-order valence-electron chi connectivity index (χ3n) is 6.85. The normalized spacial score (nSPS) is 14.7. The Morgan fingerprint density at radius 2 is 1.72 bits per heavy atom. The van der Waals surface area contributed by atoms with Crippen LogP contribution in [0.2, 0.25) is 0 Å². The van der Waals surface area contributed by atoms with E-state index in [0.717, 1.165) is 36.1 Å².